The summed E-state index contributed by atoms with van der Waals surface area (Å²) < 4.78 is 9.63. The van der Waals surface area contributed by atoms with E-state index in [1.165, 1.54) is 14.2 Å². The molecule has 4 aromatic carbocycles. The van der Waals surface area contributed by atoms with Crippen LogP contribution in [-0.2, 0) is 31.9 Å². The van der Waals surface area contributed by atoms with E-state index in [9.17, 15) is 19.2 Å². The molecule has 0 saturated carbocycles. The minimum atomic E-state index is -0.904. The molecule has 4 atom stereocenters. The lowest BCUT2D eigenvalue weighted by atomic mass is 10.0. The van der Waals surface area contributed by atoms with E-state index in [-0.39, 0.29) is 23.9 Å². The van der Waals surface area contributed by atoms with Crippen molar-refractivity contribution in [2.24, 2.45) is 0 Å². The smallest absolute Gasteiger partial charge is 0.407 e. The molecule has 60 heavy (non-hydrogen) atoms. The molecule has 3 aliphatic rings. The fourth-order valence-electron chi connectivity index (χ4n) is 8.63. The first-order valence-corrected chi connectivity index (χ1v) is 20.0. The highest BCUT2D eigenvalue weighted by Crippen LogP contribution is 2.45. The van der Waals surface area contributed by atoms with Crippen LogP contribution in [0.5, 0.6) is 0 Å². The number of para-hydroxylation sites is 1. The van der Waals surface area contributed by atoms with Gasteiger partial charge in [-0.2, -0.15) is 5.10 Å². The molecule has 1 saturated heterocycles. The topological polar surface area (TPSA) is 188 Å². The largest absolute Gasteiger partial charge is 0.453 e. The van der Waals surface area contributed by atoms with Crippen molar-refractivity contribution in [1.82, 2.24) is 40.7 Å². The van der Waals surface area contributed by atoms with Crippen molar-refractivity contribution in [2.45, 2.75) is 56.3 Å². The molecule has 0 spiro atoms. The molecule has 0 radical (unpaired) electrons. The van der Waals surface area contributed by atoms with E-state index in [1.807, 2.05) is 66.7 Å². The lowest BCUT2D eigenvalue weighted by molar-refractivity contribution is -0.134. The van der Waals surface area contributed by atoms with Crippen LogP contribution in [0.2, 0.25) is 0 Å². The van der Waals surface area contributed by atoms with Gasteiger partial charge in [0.25, 0.3) is 5.91 Å². The van der Waals surface area contributed by atoms with Gasteiger partial charge in [0, 0.05) is 18.5 Å². The van der Waals surface area contributed by atoms with Gasteiger partial charge in [0.15, 0.2) is 5.82 Å². The maximum absolute atomic E-state index is 13.9. The van der Waals surface area contributed by atoms with Crippen molar-refractivity contribution < 1.29 is 28.7 Å². The molecular weight excluding hydrogens is 763 g/mol. The Kier molecular flexibility index (Phi) is 10.3. The second kappa shape index (κ2) is 16.2. The van der Waals surface area contributed by atoms with E-state index in [0.717, 1.165) is 51.2 Å². The molecule has 15 nitrogen and oxygen atoms in total. The fourth-order valence-corrected chi connectivity index (χ4v) is 8.63. The summed E-state index contributed by atoms with van der Waals surface area (Å²) in [6, 6.07) is 29.1. The molecule has 0 aliphatic carbocycles. The zero-order valence-corrected chi connectivity index (χ0v) is 33.1. The Bertz CT molecular complexity index is 2550. The zero-order chi connectivity index (χ0) is 41.3. The quantitative estimate of drug-likeness (QED) is 0.125. The Balaban J connectivity index is 0.882. The number of aryl methyl sites for hydroxylation is 1. The van der Waals surface area contributed by atoms with E-state index in [1.54, 1.807) is 28.1 Å². The van der Waals surface area contributed by atoms with Gasteiger partial charge in [-0.3, -0.25) is 19.6 Å². The van der Waals surface area contributed by atoms with Gasteiger partial charge in [0.05, 0.1) is 43.9 Å². The third-order valence-electron chi connectivity index (χ3n) is 11.6. The van der Waals surface area contributed by atoms with E-state index < -0.39 is 24.3 Å². The molecule has 3 aliphatic heterocycles. The molecule has 304 valence electrons. The number of carbonyl (C=O) groups excluding carboxylic acids is 4. The van der Waals surface area contributed by atoms with Gasteiger partial charge in [0.1, 0.15) is 23.7 Å². The van der Waals surface area contributed by atoms with Crippen LogP contribution >= 0.6 is 0 Å². The maximum atomic E-state index is 13.9. The van der Waals surface area contributed by atoms with Gasteiger partial charge in [-0.25, -0.2) is 19.6 Å². The second-order valence-corrected chi connectivity index (χ2v) is 15.1. The number of nitrogens with zero attached hydrogens (tertiary/aromatic N) is 5. The Labute approximate surface area is 345 Å². The molecular formula is C45H43N9O6. The standard InChI is InChI=1S/C45H43N9O6/c1-59-44(57)48-33-22-21-30-10-6-11-32-24-36(54(38(30)32)42(33)55)40-46-25-34(47-40)28-17-13-26(14-18-28)27-15-19-31(20-16-27)39-50-41(52-51-39)35-12-7-23-53(35)43(56)37(49-45(58)60-2)29-8-4-3-5-9-29/h3-6,8-11,13-20,25,33,35-37H,7,12,21-24H2,1-2H3,(H,46,47)(H,48,57)(H,49,58)(H,50,51,52)/t33-,35-,36-,37+/m0/s1. The number of amides is 4. The van der Waals surface area contributed by atoms with Gasteiger partial charge in [-0.1, -0.05) is 97.1 Å². The van der Waals surface area contributed by atoms with Crippen LogP contribution in [-0.4, -0.2) is 80.9 Å². The highest BCUT2D eigenvalue weighted by Gasteiger charge is 2.43. The molecule has 6 aromatic rings. The van der Waals surface area contributed by atoms with Gasteiger partial charge in [-0.15, -0.1) is 0 Å². The third-order valence-corrected chi connectivity index (χ3v) is 11.6. The Morgan fingerprint density at radius 1 is 0.783 bits per heavy atom. The average molecular weight is 806 g/mol. The minimum Gasteiger partial charge on any atom is -0.453 e. The van der Waals surface area contributed by atoms with Crippen LogP contribution < -0.4 is 15.5 Å². The lowest BCUT2D eigenvalue weighted by Gasteiger charge is -2.28. The predicted octanol–water partition coefficient (Wildman–Crippen LogP) is 6.59. The lowest BCUT2D eigenvalue weighted by Crippen LogP contribution is -2.48. The average Bonchev–Trinajstić information content (AvgIpc) is 4.12. The zero-order valence-electron chi connectivity index (χ0n) is 33.1. The van der Waals surface area contributed by atoms with Crippen molar-refractivity contribution in [1.29, 1.82) is 0 Å². The number of methoxy groups -OCH3 is 2. The summed E-state index contributed by atoms with van der Waals surface area (Å²) in [6.45, 7) is 0.522. The molecule has 5 heterocycles. The number of alkyl carbamates (subject to hydrolysis) is 2. The van der Waals surface area contributed by atoms with Gasteiger partial charge in [-0.05, 0) is 59.1 Å². The monoisotopic (exact) mass is 805 g/mol. The summed E-state index contributed by atoms with van der Waals surface area (Å²) >= 11 is 0. The highest BCUT2D eigenvalue weighted by atomic mass is 16.5. The van der Waals surface area contributed by atoms with Crippen molar-refractivity contribution >= 4 is 29.7 Å². The number of hydrogen-bond donors (Lipinski definition) is 4. The number of aromatic amines is 2. The Hall–Kier alpha value is -7.29. The number of aromatic nitrogens is 5. The summed E-state index contributed by atoms with van der Waals surface area (Å²) in [5, 5.41) is 13.0. The first-order chi connectivity index (χ1) is 29.3. The first kappa shape index (κ1) is 38.2. The second-order valence-electron chi connectivity index (χ2n) is 15.1. The number of H-pyrrole nitrogens is 2. The van der Waals surface area contributed by atoms with Crippen molar-refractivity contribution in [3.63, 3.8) is 0 Å². The summed E-state index contributed by atoms with van der Waals surface area (Å²) in [4.78, 5) is 68.7. The number of rotatable bonds is 9. The van der Waals surface area contributed by atoms with Crippen molar-refractivity contribution in [3.8, 4) is 33.8 Å². The van der Waals surface area contributed by atoms with E-state index in [0.29, 0.717) is 55.3 Å². The van der Waals surface area contributed by atoms with Crippen molar-refractivity contribution in [2.75, 3.05) is 25.7 Å². The molecule has 0 bridgehead atoms. The maximum Gasteiger partial charge on any atom is 0.407 e. The van der Waals surface area contributed by atoms with E-state index >= 15 is 0 Å². The number of likely N-dealkylation sites (tertiary alicyclic amines) is 1. The van der Waals surface area contributed by atoms with Crippen molar-refractivity contribution in [3.05, 3.63) is 132 Å². The van der Waals surface area contributed by atoms with Crippen LogP contribution in [0.25, 0.3) is 33.8 Å². The molecule has 4 N–H and O–H groups in total. The number of nitrogens with one attached hydrogen (secondary N) is 4. The molecule has 0 unspecified atom stereocenters. The predicted molar refractivity (Wildman–Crippen MR) is 221 cm³/mol. The SMILES string of the molecule is COC(=O)N[C@H]1CCc2cccc3c2N(C1=O)[C@H](c1ncc(-c2ccc(-c4ccc(-c5n[nH]c([C@@H]6CCCN6C(=O)[C@H](NC(=O)OC)c6ccccc6)n5)cc4)cc2)[nH]1)C3. The third kappa shape index (κ3) is 7.22. The normalized spacial score (nSPS) is 18.7. The number of imidazole rings is 1. The van der Waals surface area contributed by atoms with Crippen LogP contribution in [0.4, 0.5) is 15.3 Å². The van der Waals surface area contributed by atoms with Crippen LogP contribution in [0.15, 0.2) is 103 Å². The highest BCUT2D eigenvalue weighted by molar-refractivity contribution is 6.02. The summed E-state index contributed by atoms with van der Waals surface area (Å²) in [5.41, 5.74) is 8.36. The summed E-state index contributed by atoms with van der Waals surface area (Å²) in [5.74, 6) is 1.36. The molecule has 4 amide bonds. The summed E-state index contributed by atoms with van der Waals surface area (Å²) in [7, 11) is 2.56. The summed E-state index contributed by atoms with van der Waals surface area (Å²) in [6.07, 6.45) is 3.72. The Morgan fingerprint density at radius 3 is 2.22 bits per heavy atom. The number of benzene rings is 4. The number of ether oxygens (including phenoxy) is 2. The van der Waals surface area contributed by atoms with E-state index in [4.69, 9.17) is 19.4 Å². The van der Waals surface area contributed by atoms with E-state index in [2.05, 4.69) is 44.0 Å². The van der Waals surface area contributed by atoms with Gasteiger partial charge in [0.2, 0.25) is 5.91 Å². The number of anilines is 1. The number of carbonyl (C=O) groups is 4. The first-order valence-electron chi connectivity index (χ1n) is 20.0. The fraction of sp³-hybridized carbons (Fsp3) is 0.267. The Morgan fingerprint density at radius 2 is 1.48 bits per heavy atom. The van der Waals surface area contributed by atoms with Crippen LogP contribution in [0.3, 0.4) is 0 Å². The van der Waals surface area contributed by atoms with Crippen LogP contribution in [0, 0.1) is 0 Å². The van der Waals surface area contributed by atoms with Crippen LogP contribution in [0.1, 0.15) is 65.7 Å². The van der Waals surface area contributed by atoms with Gasteiger partial charge >= 0.3 is 12.2 Å². The minimum absolute atomic E-state index is 0.179. The molecule has 9 rings (SSSR count). The molecule has 15 heteroatoms. The molecule has 2 aromatic heterocycles. The van der Waals surface area contributed by atoms with Gasteiger partial charge < -0.3 is 30.0 Å². The molecule has 1 fully saturated rings. The number of hydrogen-bond acceptors (Lipinski definition) is 9.